The quantitative estimate of drug-likeness (QED) is 0.140. The molecule has 25 heavy (non-hydrogen) atoms. The molecule has 146 valence electrons. The molecule has 0 aromatic carbocycles. The van der Waals surface area contributed by atoms with Crippen molar-refractivity contribution in [2.75, 3.05) is 0 Å². The Morgan fingerprint density at radius 2 is 0.880 bits per heavy atom. The Kier molecular flexibility index (Phi) is 22.1. The number of unbranched alkanes of at least 4 members (excludes halogenated alkanes) is 16. The summed E-state index contributed by atoms with van der Waals surface area (Å²) < 4.78 is 0. The van der Waals surface area contributed by atoms with Gasteiger partial charge >= 0.3 is 0 Å². The van der Waals surface area contributed by atoms with Crippen LogP contribution in [0.5, 0.6) is 0 Å². The van der Waals surface area contributed by atoms with Crippen molar-refractivity contribution in [1.29, 1.82) is 0 Å². The standard InChI is InChI=1S/C24H44O/c1-2-3-4-5-6-7-8-9-10-11-12-13-14-15-16-17-18-19-20-21-22-23-24-25/h19-25H,2-18H2,1H3. The van der Waals surface area contributed by atoms with E-state index in [4.69, 9.17) is 5.11 Å². The van der Waals surface area contributed by atoms with Gasteiger partial charge in [0.2, 0.25) is 0 Å². The lowest BCUT2D eigenvalue weighted by atomic mass is 10.0. The van der Waals surface area contributed by atoms with Crippen molar-refractivity contribution in [2.24, 2.45) is 0 Å². The molecule has 1 nitrogen and oxygen atoms in total. The Hall–Kier alpha value is -0.980. The van der Waals surface area contributed by atoms with Crippen LogP contribution in [0, 0.1) is 0 Å². The molecule has 0 saturated carbocycles. The van der Waals surface area contributed by atoms with Crippen molar-refractivity contribution in [2.45, 2.75) is 116 Å². The SMILES string of the molecule is CCCCCCCCCCCCCCCCCCC=CC=CC=CO. The first-order chi connectivity index (χ1) is 12.4. The highest BCUT2D eigenvalue weighted by molar-refractivity contribution is 5.09. The minimum atomic E-state index is 1.06. The van der Waals surface area contributed by atoms with Crippen molar-refractivity contribution < 1.29 is 5.11 Å². The minimum absolute atomic E-state index is 1.06. The molecule has 0 spiro atoms. The highest BCUT2D eigenvalue weighted by Crippen LogP contribution is 2.14. The van der Waals surface area contributed by atoms with Crippen LogP contribution in [0.3, 0.4) is 0 Å². The van der Waals surface area contributed by atoms with E-state index in [1.165, 1.54) is 109 Å². The van der Waals surface area contributed by atoms with Crippen LogP contribution in [-0.4, -0.2) is 5.11 Å². The van der Waals surface area contributed by atoms with Crippen LogP contribution < -0.4 is 0 Å². The van der Waals surface area contributed by atoms with Gasteiger partial charge in [-0.15, -0.1) is 0 Å². The Morgan fingerprint density at radius 3 is 1.32 bits per heavy atom. The van der Waals surface area contributed by atoms with Gasteiger partial charge in [0, 0.05) is 0 Å². The highest BCUT2D eigenvalue weighted by atomic mass is 16.2. The molecule has 1 N–H and O–H groups in total. The van der Waals surface area contributed by atoms with E-state index >= 15 is 0 Å². The largest absolute Gasteiger partial charge is 0.516 e. The zero-order chi connectivity index (χ0) is 18.3. The van der Waals surface area contributed by atoms with Gasteiger partial charge in [-0.05, 0) is 18.9 Å². The lowest BCUT2D eigenvalue weighted by molar-refractivity contribution is 0.474. The molecule has 0 fully saturated rings. The maximum Gasteiger partial charge on any atom is 0.0791 e. The van der Waals surface area contributed by atoms with E-state index in [0.29, 0.717) is 0 Å². The smallest absolute Gasteiger partial charge is 0.0791 e. The first-order valence-corrected chi connectivity index (χ1v) is 11.0. The van der Waals surface area contributed by atoms with Gasteiger partial charge < -0.3 is 5.11 Å². The van der Waals surface area contributed by atoms with Crippen LogP contribution in [0.2, 0.25) is 0 Å². The molecule has 0 radical (unpaired) electrons. The lowest BCUT2D eigenvalue weighted by Gasteiger charge is -2.03. The molecule has 0 bridgehead atoms. The topological polar surface area (TPSA) is 20.2 Å². The maximum absolute atomic E-state index is 8.47. The minimum Gasteiger partial charge on any atom is -0.516 e. The molecule has 0 aliphatic carbocycles. The van der Waals surface area contributed by atoms with Gasteiger partial charge in [-0.3, -0.25) is 0 Å². The fourth-order valence-corrected chi connectivity index (χ4v) is 3.16. The predicted molar refractivity (Wildman–Crippen MR) is 114 cm³/mol. The van der Waals surface area contributed by atoms with Crippen LogP contribution in [0.1, 0.15) is 116 Å². The van der Waals surface area contributed by atoms with Gasteiger partial charge in [-0.2, -0.15) is 0 Å². The van der Waals surface area contributed by atoms with Gasteiger partial charge in [0.25, 0.3) is 0 Å². The normalized spacial score (nSPS) is 12.2. The summed E-state index contributed by atoms with van der Waals surface area (Å²) in [4.78, 5) is 0. The van der Waals surface area contributed by atoms with Gasteiger partial charge in [0.05, 0.1) is 6.26 Å². The number of hydrogen-bond acceptors (Lipinski definition) is 1. The predicted octanol–water partition coefficient (Wildman–Crippen LogP) is 8.82. The summed E-state index contributed by atoms with van der Waals surface area (Å²) in [5.74, 6) is 0. The first-order valence-electron chi connectivity index (χ1n) is 11.0. The average molecular weight is 349 g/mol. The van der Waals surface area contributed by atoms with Crippen molar-refractivity contribution in [3.8, 4) is 0 Å². The molecule has 0 aliphatic rings. The molecular formula is C24H44O. The molecular weight excluding hydrogens is 304 g/mol. The fourth-order valence-electron chi connectivity index (χ4n) is 3.16. The molecule has 0 aromatic heterocycles. The Bertz CT molecular complexity index is 314. The molecule has 0 aromatic rings. The molecule has 0 amide bonds. The average Bonchev–Trinajstić information content (AvgIpc) is 2.63. The van der Waals surface area contributed by atoms with Crippen LogP contribution >= 0.6 is 0 Å². The van der Waals surface area contributed by atoms with Crippen molar-refractivity contribution >= 4 is 0 Å². The summed E-state index contributed by atoms with van der Waals surface area (Å²) in [6.07, 6.45) is 34.7. The third-order valence-corrected chi connectivity index (χ3v) is 4.78. The van der Waals surface area contributed by atoms with E-state index < -0.39 is 0 Å². The van der Waals surface area contributed by atoms with E-state index in [-0.39, 0.29) is 0 Å². The van der Waals surface area contributed by atoms with E-state index in [2.05, 4.69) is 19.1 Å². The fraction of sp³-hybridized carbons (Fsp3) is 0.750. The molecule has 0 aliphatic heterocycles. The Labute approximate surface area is 158 Å². The van der Waals surface area contributed by atoms with E-state index in [1.807, 2.05) is 12.2 Å². The number of aliphatic hydroxyl groups is 1. The highest BCUT2D eigenvalue weighted by Gasteiger charge is 1.94. The summed E-state index contributed by atoms with van der Waals surface area (Å²) in [5.41, 5.74) is 0. The molecule has 0 heterocycles. The second kappa shape index (κ2) is 23.0. The summed E-state index contributed by atoms with van der Waals surface area (Å²) >= 11 is 0. The van der Waals surface area contributed by atoms with Gasteiger partial charge in [0.1, 0.15) is 0 Å². The lowest BCUT2D eigenvalue weighted by Crippen LogP contribution is -1.83. The van der Waals surface area contributed by atoms with Crippen LogP contribution in [-0.2, 0) is 0 Å². The van der Waals surface area contributed by atoms with Crippen LogP contribution in [0.25, 0.3) is 0 Å². The van der Waals surface area contributed by atoms with Crippen LogP contribution in [0.4, 0.5) is 0 Å². The van der Waals surface area contributed by atoms with Crippen molar-refractivity contribution in [3.05, 3.63) is 36.6 Å². The zero-order valence-corrected chi connectivity index (χ0v) is 16.9. The third-order valence-electron chi connectivity index (χ3n) is 4.78. The monoisotopic (exact) mass is 348 g/mol. The molecule has 0 unspecified atom stereocenters. The van der Waals surface area contributed by atoms with Crippen LogP contribution in [0.15, 0.2) is 36.6 Å². The number of rotatable bonds is 19. The van der Waals surface area contributed by atoms with Gasteiger partial charge in [-0.1, -0.05) is 128 Å². The molecule has 0 saturated heterocycles. The molecule has 0 atom stereocenters. The van der Waals surface area contributed by atoms with Crippen molar-refractivity contribution in [1.82, 2.24) is 0 Å². The van der Waals surface area contributed by atoms with Crippen molar-refractivity contribution in [3.63, 3.8) is 0 Å². The zero-order valence-electron chi connectivity index (χ0n) is 16.9. The van der Waals surface area contributed by atoms with E-state index in [0.717, 1.165) is 6.26 Å². The third kappa shape index (κ3) is 23.0. The van der Waals surface area contributed by atoms with Gasteiger partial charge in [0.15, 0.2) is 0 Å². The maximum atomic E-state index is 8.47. The summed E-state index contributed by atoms with van der Waals surface area (Å²) in [6, 6.07) is 0. The second-order valence-corrected chi connectivity index (χ2v) is 7.25. The first kappa shape index (κ1) is 24.0. The Morgan fingerprint density at radius 1 is 0.480 bits per heavy atom. The number of hydrogen-bond donors (Lipinski definition) is 1. The Balaban J connectivity index is 3.07. The molecule has 1 heteroatoms. The summed E-state index contributed by atoms with van der Waals surface area (Å²) in [6.45, 7) is 2.29. The van der Waals surface area contributed by atoms with E-state index in [9.17, 15) is 0 Å². The summed E-state index contributed by atoms with van der Waals surface area (Å²) in [5, 5.41) is 8.47. The van der Waals surface area contributed by atoms with Gasteiger partial charge in [-0.25, -0.2) is 0 Å². The molecule has 0 rings (SSSR count). The number of aliphatic hydroxyl groups excluding tert-OH is 1. The number of allylic oxidation sites excluding steroid dienone is 5. The second-order valence-electron chi connectivity index (χ2n) is 7.25. The van der Waals surface area contributed by atoms with E-state index in [1.54, 1.807) is 6.08 Å². The summed E-state index contributed by atoms with van der Waals surface area (Å²) in [7, 11) is 0.